The van der Waals surface area contributed by atoms with Gasteiger partial charge in [0.1, 0.15) is 29.4 Å². The van der Waals surface area contributed by atoms with Gasteiger partial charge in [-0.3, -0.25) is 4.79 Å². The highest BCUT2D eigenvalue weighted by Crippen LogP contribution is 2.26. The normalized spacial score (nSPS) is 10.2. The second-order valence-corrected chi connectivity index (χ2v) is 8.37. The Labute approximate surface area is 218 Å². The zero-order chi connectivity index (χ0) is 26.9. The summed E-state index contributed by atoms with van der Waals surface area (Å²) >= 11 is 0. The highest BCUT2D eigenvalue weighted by Gasteiger charge is 2.14. The lowest BCUT2D eigenvalue weighted by Crippen LogP contribution is -2.08. The maximum atomic E-state index is 12.4. The first-order chi connectivity index (χ1) is 18.0. The van der Waals surface area contributed by atoms with Crippen molar-refractivity contribution in [2.75, 3.05) is 19.8 Å². The molecule has 0 aromatic heterocycles. The number of carbonyl (C=O) groups is 2. The van der Waals surface area contributed by atoms with E-state index in [1.807, 2.05) is 18.2 Å². The fourth-order valence-corrected chi connectivity index (χ4v) is 3.47. The molecule has 0 fully saturated rings. The number of aliphatic hydroxyl groups is 1. The third kappa shape index (κ3) is 10.4. The highest BCUT2D eigenvalue weighted by molar-refractivity contribution is 6.10. The van der Waals surface area contributed by atoms with Crippen molar-refractivity contribution in [2.24, 2.45) is 0 Å². The van der Waals surface area contributed by atoms with E-state index >= 15 is 0 Å². The maximum Gasteiger partial charge on any atom is 0.341 e. The van der Waals surface area contributed by atoms with Crippen LogP contribution in [0, 0.1) is 0 Å². The molecule has 198 valence electrons. The summed E-state index contributed by atoms with van der Waals surface area (Å²) in [6.45, 7) is 2.56. The van der Waals surface area contributed by atoms with Crippen molar-refractivity contribution >= 4 is 11.8 Å². The van der Waals surface area contributed by atoms with Crippen molar-refractivity contribution in [2.45, 2.75) is 45.4 Å². The molecule has 3 rings (SSSR count). The molecule has 0 aliphatic rings. The van der Waals surface area contributed by atoms with Crippen LogP contribution in [0.25, 0.3) is 0 Å². The molecule has 0 amide bonds. The van der Waals surface area contributed by atoms with Gasteiger partial charge in [-0.05, 0) is 30.7 Å². The number of esters is 1. The lowest BCUT2D eigenvalue weighted by atomic mass is 10.0. The molecule has 0 heterocycles. The number of carbonyl (C=O) groups excluding carboxylic acids is 2. The number of ketones is 1. The summed E-state index contributed by atoms with van der Waals surface area (Å²) < 4.78 is 10.3. The van der Waals surface area contributed by atoms with Crippen molar-refractivity contribution in [3.8, 4) is 17.2 Å². The Hall–Kier alpha value is -3.84. The van der Waals surface area contributed by atoms with E-state index in [2.05, 4.69) is 11.7 Å². The van der Waals surface area contributed by atoms with Crippen molar-refractivity contribution < 1.29 is 34.4 Å². The van der Waals surface area contributed by atoms with Gasteiger partial charge in [0.05, 0.1) is 18.8 Å². The third-order valence-corrected chi connectivity index (χ3v) is 5.46. The van der Waals surface area contributed by atoms with Crippen molar-refractivity contribution in [3.05, 3.63) is 89.5 Å². The zero-order valence-corrected chi connectivity index (χ0v) is 21.3. The van der Waals surface area contributed by atoms with Gasteiger partial charge in [-0.2, -0.15) is 0 Å². The van der Waals surface area contributed by atoms with Gasteiger partial charge in [0.2, 0.25) is 0 Å². The quantitative estimate of drug-likeness (QED) is 0.150. The van der Waals surface area contributed by atoms with Crippen molar-refractivity contribution in [3.63, 3.8) is 0 Å². The van der Waals surface area contributed by atoms with E-state index in [1.165, 1.54) is 43.9 Å². The molecule has 3 aromatic carbocycles. The SMILES string of the molecule is CCCCCCCCOc1ccc(C(=O)c2ccccc2)c(O)c1.O=C(OCCO)c1ccccc1O. The number of rotatable bonds is 13. The zero-order valence-electron chi connectivity index (χ0n) is 21.3. The minimum atomic E-state index is -0.632. The molecule has 0 atom stereocenters. The number of unbranched alkanes of at least 4 members (excludes halogenated alkanes) is 5. The van der Waals surface area contributed by atoms with E-state index in [9.17, 15) is 19.8 Å². The lowest BCUT2D eigenvalue weighted by Gasteiger charge is -2.09. The number of phenolic OH excluding ortho intramolecular Hbond substituents is 2. The van der Waals surface area contributed by atoms with Crippen LogP contribution < -0.4 is 4.74 Å². The van der Waals surface area contributed by atoms with Crippen LogP contribution in [0.15, 0.2) is 72.8 Å². The highest BCUT2D eigenvalue weighted by atomic mass is 16.5. The molecule has 0 bridgehead atoms. The Kier molecular flexibility index (Phi) is 13.3. The fraction of sp³-hybridized carbons (Fsp3) is 0.333. The molecule has 0 aliphatic carbocycles. The van der Waals surface area contributed by atoms with Crippen LogP contribution in [0.3, 0.4) is 0 Å². The molecule has 3 N–H and O–H groups in total. The summed E-state index contributed by atoms with van der Waals surface area (Å²) in [6, 6.07) is 19.9. The number of phenols is 2. The Morgan fingerprint density at radius 1 is 0.730 bits per heavy atom. The number of benzene rings is 3. The summed E-state index contributed by atoms with van der Waals surface area (Å²) in [5, 5.41) is 27.7. The standard InChI is InChI=1S/C21H26O3.C9H10O4/c1-2-3-4-5-6-10-15-24-18-13-14-19(20(22)16-18)21(23)17-11-8-7-9-12-17;10-5-6-13-9(12)7-3-1-2-4-8(7)11/h7-9,11-14,16,22H,2-6,10,15H2,1H3;1-4,10-11H,5-6H2. The first-order valence-electron chi connectivity index (χ1n) is 12.6. The minimum absolute atomic E-state index is 0.0377. The van der Waals surface area contributed by atoms with E-state index < -0.39 is 5.97 Å². The molecule has 0 saturated heterocycles. The van der Waals surface area contributed by atoms with Gasteiger partial charge in [0, 0.05) is 11.6 Å². The molecule has 0 aliphatic heterocycles. The van der Waals surface area contributed by atoms with Crippen LogP contribution in [-0.2, 0) is 4.74 Å². The van der Waals surface area contributed by atoms with Crippen molar-refractivity contribution in [1.82, 2.24) is 0 Å². The Bertz CT molecular complexity index is 1100. The molecule has 0 unspecified atom stereocenters. The largest absolute Gasteiger partial charge is 0.507 e. The number of aliphatic hydroxyl groups excluding tert-OH is 1. The van der Waals surface area contributed by atoms with Gasteiger partial charge >= 0.3 is 5.97 Å². The number of hydrogen-bond acceptors (Lipinski definition) is 7. The van der Waals surface area contributed by atoms with Crippen LogP contribution in [-0.4, -0.2) is 46.9 Å². The Morgan fingerprint density at radius 2 is 1.41 bits per heavy atom. The van der Waals surface area contributed by atoms with Gasteiger partial charge in [0.15, 0.2) is 5.78 Å². The molecular formula is C30H36O7. The van der Waals surface area contributed by atoms with Gasteiger partial charge in [-0.1, -0.05) is 81.5 Å². The number of ether oxygens (including phenoxy) is 2. The van der Waals surface area contributed by atoms with Crippen molar-refractivity contribution in [1.29, 1.82) is 0 Å². The summed E-state index contributed by atoms with van der Waals surface area (Å²) in [5.74, 6) is -0.372. The summed E-state index contributed by atoms with van der Waals surface area (Å²) in [6.07, 6.45) is 7.25. The average molecular weight is 509 g/mol. The van der Waals surface area contributed by atoms with Gasteiger partial charge in [0.25, 0.3) is 0 Å². The Balaban J connectivity index is 0.000000312. The molecule has 0 saturated carbocycles. The van der Waals surface area contributed by atoms with E-state index in [0.717, 1.165) is 12.8 Å². The van der Waals surface area contributed by atoms with Crippen LogP contribution in [0.1, 0.15) is 71.7 Å². The molecule has 7 nitrogen and oxygen atoms in total. The maximum absolute atomic E-state index is 12.4. The van der Waals surface area contributed by atoms with Gasteiger partial charge in [-0.25, -0.2) is 4.79 Å². The molecule has 37 heavy (non-hydrogen) atoms. The summed E-state index contributed by atoms with van der Waals surface area (Å²) in [7, 11) is 0. The van der Waals surface area contributed by atoms with Crippen LogP contribution >= 0.6 is 0 Å². The first-order valence-corrected chi connectivity index (χ1v) is 12.6. The predicted molar refractivity (Wildman–Crippen MR) is 142 cm³/mol. The number of para-hydroxylation sites is 1. The van der Waals surface area contributed by atoms with E-state index in [0.29, 0.717) is 23.5 Å². The smallest absolute Gasteiger partial charge is 0.341 e. The second kappa shape index (κ2) is 16.8. The second-order valence-electron chi connectivity index (χ2n) is 8.37. The lowest BCUT2D eigenvalue weighted by molar-refractivity contribution is 0.0430. The molecule has 0 radical (unpaired) electrons. The van der Waals surface area contributed by atoms with Gasteiger partial charge in [-0.15, -0.1) is 0 Å². The molecule has 3 aromatic rings. The predicted octanol–water partition coefficient (Wildman–Crippen LogP) is 5.90. The van der Waals surface area contributed by atoms with Crippen LogP contribution in [0.5, 0.6) is 17.2 Å². The third-order valence-electron chi connectivity index (χ3n) is 5.46. The monoisotopic (exact) mass is 508 g/mol. The first kappa shape index (κ1) is 29.4. The van der Waals surface area contributed by atoms with E-state index in [1.54, 1.807) is 36.4 Å². The van der Waals surface area contributed by atoms with Crippen LogP contribution in [0.4, 0.5) is 0 Å². The molecule has 7 heteroatoms. The number of hydrogen-bond donors (Lipinski definition) is 3. The topological polar surface area (TPSA) is 113 Å². The molecular weight excluding hydrogens is 472 g/mol. The summed E-state index contributed by atoms with van der Waals surface area (Å²) in [5.41, 5.74) is 0.970. The van der Waals surface area contributed by atoms with Crippen LogP contribution in [0.2, 0.25) is 0 Å². The minimum Gasteiger partial charge on any atom is -0.507 e. The average Bonchev–Trinajstić information content (AvgIpc) is 2.92. The molecule has 0 spiro atoms. The number of aromatic hydroxyl groups is 2. The Morgan fingerprint density at radius 3 is 2.08 bits per heavy atom. The van der Waals surface area contributed by atoms with E-state index in [4.69, 9.17) is 9.84 Å². The summed E-state index contributed by atoms with van der Waals surface area (Å²) in [4.78, 5) is 23.5. The van der Waals surface area contributed by atoms with E-state index in [-0.39, 0.29) is 36.1 Å². The fourth-order valence-electron chi connectivity index (χ4n) is 3.47. The van der Waals surface area contributed by atoms with Gasteiger partial charge < -0.3 is 24.8 Å².